The van der Waals surface area contributed by atoms with Crippen molar-refractivity contribution in [2.75, 3.05) is 13.1 Å². The van der Waals surface area contributed by atoms with Crippen molar-refractivity contribution in [1.29, 1.82) is 0 Å². The van der Waals surface area contributed by atoms with Crippen molar-refractivity contribution < 1.29 is 9.59 Å². The Morgan fingerprint density at radius 1 is 1.00 bits per heavy atom. The first-order valence-electron chi connectivity index (χ1n) is 11.3. The number of likely N-dealkylation sites (tertiary alicyclic amines) is 1. The summed E-state index contributed by atoms with van der Waals surface area (Å²) in [6, 6.07) is 17.8. The third-order valence-corrected chi connectivity index (χ3v) is 6.20. The summed E-state index contributed by atoms with van der Waals surface area (Å²) in [5, 5.41) is 7.64. The van der Waals surface area contributed by atoms with Crippen LogP contribution in [0.3, 0.4) is 0 Å². The Hall–Kier alpha value is -3.41. The van der Waals surface area contributed by atoms with Gasteiger partial charge in [-0.1, -0.05) is 55.5 Å². The first-order valence-corrected chi connectivity index (χ1v) is 11.3. The molecule has 3 aromatic rings. The number of nitrogens with zero attached hydrogens (tertiary/aromatic N) is 3. The minimum Gasteiger partial charge on any atom is -0.349 e. The summed E-state index contributed by atoms with van der Waals surface area (Å²) in [6.45, 7) is 5.92. The predicted octanol–water partition coefficient (Wildman–Crippen LogP) is 3.84. The van der Waals surface area contributed by atoms with Crippen LogP contribution >= 0.6 is 0 Å². The maximum Gasteiger partial charge on any atom is 0.257 e. The second-order valence-corrected chi connectivity index (χ2v) is 8.36. The van der Waals surface area contributed by atoms with E-state index in [9.17, 15) is 9.59 Å². The number of carbonyl (C=O) groups is 2. The van der Waals surface area contributed by atoms with Crippen molar-refractivity contribution in [3.63, 3.8) is 0 Å². The van der Waals surface area contributed by atoms with E-state index in [1.807, 2.05) is 59.0 Å². The maximum absolute atomic E-state index is 13.2. The average Bonchev–Trinajstić information content (AvgIpc) is 3.22. The molecule has 32 heavy (non-hydrogen) atoms. The molecule has 0 spiro atoms. The first-order chi connectivity index (χ1) is 15.6. The fraction of sp³-hybridized carbons (Fsp3) is 0.346. The van der Waals surface area contributed by atoms with E-state index in [4.69, 9.17) is 0 Å². The van der Waals surface area contributed by atoms with Gasteiger partial charge in [0.2, 0.25) is 0 Å². The van der Waals surface area contributed by atoms with Gasteiger partial charge < -0.3 is 10.2 Å². The largest absolute Gasteiger partial charge is 0.349 e. The van der Waals surface area contributed by atoms with Gasteiger partial charge in [-0.3, -0.25) is 14.3 Å². The zero-order chi connectivity index (χ0) is 22.5. The lowest BCUT2D eigenvalue weighted by Gasteiger charge is -2.32. The molecule has 0 aliphatic carbocycles. The highest BCUT2D eigenvalue weighted by molar-refractivity contribution is 5.96. The summed E-state index contributed by atoms with van der Waals surface area (Å²) < 4.78 is 1.93. The first kappa shape index (κ1) is 21.8. The van der Waals surface area contributed by atoms with Gasteiger partial charge in [-0.05, 0) is 43.4 Å². The van der Waals surface area contributed by atoms with Gasteiger partial charge in [-0.25, -0.2) is 0 Å². The number of carbonyl (C=O) groups excluding carboxylic acids is 2. The predicted molar refractivity (Wildman–Crippen MR) is 125 cm³/mol. The summed E-state index contributed by atoms with van der Waals surface area (Å²) >= 11 is 0. The van der Waals surface area contributed by atoms with Crippen molar-refractivity contribution in [3.05, 3.63) is 88.7 Å². The average molecular weight is 431 g/mol. The van der Waals surface area contributed by atoms with E-state index in [2.05, 4.69) is 29.5 Å². The molecule has 1 aliphatic rings. The zero-order valence-corrected chi connectivity index (χ0v) is 18.8. The van der Waals surface area contributed by atoms with Crippen LogP contribution in [0.2, 0.25) is 0 Å². The highest BCUT2D eigenvalue weighted by atomic mass is 16.2. The van der Waals surface area contributed by atoms with Gasteiger partial charge in [-0.15, -0.1) is 0 Å². The highest BCUT2D eigenvalue weighted by Crippen LogP contribution is 2.19. The minimum absolute atomic E-state index is 0.0323. The maximum atomic E-state index is 13.2. The van der Waals surface area contributed by atoms with E-state index in [1.54, 1.807) is 6.20 Å². The molecule has 0 unspecified atom stereocenters. The van der Waals surface area contributed by atoms with Gasteiger partial charge in [0, 0.05) is 24.7 Å². The van der Waals surface area contributed by atoms with Crippen LogP contribution in [0.1, 0.15) is 57.3 Å². The molecule has 2 amide bonds. The van der Waals surface area contributed by atoms with Crippen LogP contribution in [0.5, 0.6) is 0 Å². The fourth-order valence-electron chi connectivity index (χ4n) is 4.34. The van der Waals surface area contributed by atoms with E-state index >= 15 is 0 Å². The van der Waals surface area contributed by atoms with Gasteiger partial charge in [0.05, 0.1) is 24.0 Å². The smallest absolute Gasteiger partial charge is 0.257 e. The van der Waals surface area contributed by atoms with Crippen molar-refractivity contribution in [3.8, 4) is 0 Å². The molecule has 2 heterocycles. The number of piperidine rings is 1. The summed E-state index contributed by atoms with van der Waals surface area (Å²) in [5.74, 6) is -0.00632. The summed E-state index contributed by atoms with van der Waals surface area (Å²) in [7, 11) is 0. The van der Waals surface area contributed by atoms with Gasteiger partial charge in [0.1, 0.15) is 0 Å². The molecule has 1 aromatic heterocycles. The Morgan fingerprint density at radius 3 is 2.38 bits per heavy atom. The molecule has 2 aromatic carbocycles. The lowest BCUT2D eigenvalue weighted by molar-refractivity contribution is 0.0697. The molecule has 0 saturated carbocycles. The molecule has 1 aliphatic heterocycles. The molecule has 0 atom stereocenters. The number of amides is 2. The lowest BCUT2D eigenvalue weighted by atomic mass is 10.0. The third kappa shape index (κ3) is 4.74. The number of hydrogen-bond donors (Lipinski definition) is 1. The van der Waals surface area contributed by atoms with Crippen LogP contribution in [0, 0.1) is 6.92 Å². The molecule has 166 valence electrons. The number of benzene rings is 2. The number of aromatic nitrogens is 2. The molecule has 1 fully saturated rings. The van der Waals surface area contributed by atoms with E-state index in [1.165, 1.54) is 0 Å². The third-order valence-electron chi connectivity index (χ3n) is 6.20. The number of rotatable bonds is 6. The number of hydrogen-bond acceptors (Lipinski definition) is 3. The quantitative estimate of drug-likeness (QED) is 0.646. The van der Waals surface area contributed by atoms with Gasteiger partial charge >= 0.3 is 0 Å². The number of aryl methyl sites for hydroxylation is 1. The highest BCUT2D eigenvalue weighted by Gasteiger charge is 2.27. The Balaban J connectivity index is 1.37. The topological polar surface area (TPSA) is 67.2 Å². The molecule has 6 nitrogen and oxygen atoms in total. The normalized spacial score (nSPS) is 14.4. The lowest BCUT2D eigenvalue weighted by Crippen LogP contribution is -2.46. The second kappa shape index (κ2) is 9.81. The van der Waals surface area contributed by atoms with Gasteiger partial charge in [-0.2, -0.15) is 5.10 Å². The molecular weight excluding hydrogens is 400 g/mol. The van der Waals surface area contributed by atoms with Crippen LogP contribution < -0.4 is 5.32 Å². The van der Waals surface area contributed by atoms with E-state index in [-0.39, 0.29) is 17.9 Å². The van der Waals surface area contributed by atoms with E-state index in [0.29, 0.717) is 30.8 Å². The monoisotopic (exact) mass is 430 g/mol. The number of nitrogens with one attached hydrogen (secondary N) is 1. The molecule has 6 heteroatoms. The Bertz CT molecular complexity index is 1080. The van der Waals surface area contributed by atoms with Crippen molar-refractivity contribution >= 4 is 11.8 Å². The zero-order valence-electron chi connectivity index (χ0n) is 18.8. The molecule has 1 saturated heterocycles. The molecule has 0 bridgehead atoms. The van der Waals surface area contributed by atoms with Crippen molar-refractivity contribution in [1.82, 2.24) is 20.0 Å². The summed E-state index contributed by atoms with van der Waals surface area (Å²) in [6.07, 6.45) is 3.96. The van der Waals surface area contributed by atoms with Gasteiger partial charge in [0.25, 0.3) is 11.8 Å². The second-order valence-electron chi connectivity index (χ2n) is 8.36. The van der Waals surface area contributed by atoms with Crippen LogP contribution in [0.15, 0.2) is 60.8 Å². The Morgan fingerprint density at radius 2 is 1.69 bits per heavy atom. The SMILES string of the molecule is CCc1c(C(=O)N2CCC(NC(=O)c3ccccc3C)CC2)cnn1Cc1ccccc1. The molecule has 0 radical (unpaired) electrons. The minimum atomic E-state index is -0.0386. The molecule has 1 N–H and O–H groups in total. The van der Waals surface area contributed by atoms with Crippen molar-refractivity contribution in [2.24, 2.45) is 0 Å². The summed E-state index contributed by atoms with van der Waals surface area (Å²) in [5.41, 5.74) is 4.50. The van der Waals surface area contributed by atoms with Crippen molar-refractivity contribution in [2.45, 2.75) is 45.7 Å². The molecular formula is C26H30N4O2. The van der Waals surface area contributed by atoms with Gasteiger partial charge in [0.15, 0.2) is 0 Å². The van der Waals surface area contributed by atoms with E-state index in [0.717, 1.165) is 36.1 Å². The molecule has 4 rings (SSSR count). The Labute approximate surface area is 189 Å². The van der Waals surface area contributed by atoms with Crippen LogP contribution in [0.25, 0.3) is 0 Å². The van der Waals surface area contributed by atoms with Crippen LogP contribution in [-0.2, 0) is 13.0 Å². The van der Waals surface area contributed by atoms with E-state index < -0.39 is 0 Å². The summed E-state index contributed by atoms with van der Waals surface area (Å²) in [4.78, 5) is 27.7. The van der Waals surface area contributed by atoms with Crippen LogP contribution in [0.4, 0.5) is 0 Å². The fourth-order valence-corrected chi connectivity index (χ4v) is 4.34. The Kier molecular flexibility index (Phi) is 6.69. The van der Waals surface area contributed by atoms with Crippen LogP contribution in [-0.4, -0.2) is 45.6 Å². The standard InChI is InChI=1S/C26H30N4O2/c1-3-24-23(17-27-30(24)18-20-10-5-4-6-11-20)26(32)29-15-13-21(14-16-29)28-25(31)22-12-8-7-9-19(22)2/h4-12,17,21H,3,13-16,18H2,1-2H3,(H,28,31).